The molecular weight excluding hydrogens is 472 g/mol. The number of benzene rings is 2. The number of ketones is 2. The number of allylic oxidation sites excluding steroid dienone is 4. The first-order valence-corrected chi connectivity index (χ1v) is 12.5. The molecule has 8 nitrogen and oxygen atoms in total. The molecule has 2 N–H and O–H groups in total. The highest BCUT2D eigenvalue weighted by Crippen LogP contribution is 2.46. The van der Waals surface area contributed by atoms with E-state index in [1.165, 1.54) is 7.11 Å². The van der Waals surface area contributed by atoms with Crippen LogP contribution in [0.5, 0.6) is 17.2 Å². The number of hydrogen-bond acceptors (Lipinski definition) is 7. The molecule has 0 saturated heterocycles. The van der Waals surface area contributed by atoms with Gasteiger partial charge in [-0.3, -0.25) is 14.4 Å². The Bertz CT molecular complexity index is 1270. The second-order valence-electron chi connectivity index (χ2n) is 9.37. The molecule has 2 aliphatic carbocycles. The maximum absolute atomic E-state index is 13.0. The van der Waals surface area contributed by atoms with Gasteiger partial charge in [0.1, 0.15) is 5.75 Å². The van der Waals surface area contributed by atoms with Crippen molar-refractivity contribution >= 4 is 23.2 Å². The zero-order valence-corrected chi connectivity index (χ0v) is 21.0. The molecule has 0 fully saturated rings. The highest BCUT2D eigenvalue weighted by atomic mass is 16.5. The minimum absolute atomic E-state index is 0.0816. The van der Waals surface area contributed by atoms with E-state index in [1.54, 1.807) is 37.4 Å². The summed E-state index contributed by atoms with van der Waals surface area (Å²) in [6, 6.07) is 12.4. The van der Waals surface area contributed by atoms with E-state index in [0.29, 0.717) is 46.9 Å². The number of methoxy groups -OCH3 is 2. The monoisotopic (exact) mass is 502 g/mol. The first kappa shape index (κ1) is 24.6. The Morgan fingerprint density at radius 3 is 2.11 bits per heavy atom. The minimum Gasteiger partial charge on any atom is -0.497 e. The highest BCUT2D eigenvalue weighted by molar-refractivity contribution is 6.06. The first-order valence-electron chi connectivity index (χ1n) is 12.5. The molecule has 3 aliphatic rings. The summed E-state index contributed by atoms with van der Waals surface area (Å²) >= 11 is 0. The van der Waals surface area contributed by atoms with Gasteiger partial charge in [-0.05, 0) is 67.6 Å². The third-order valence-electron chi connectivity index (χ3n) is 7.04. The molecule has 0 bridgehead atoms. The second-order valence-corrected chi connectivity index (χ2v) is 9.37. The maximum Gasteiger partial charge on any atom is 0.262 e. The van der Waals surface area contributed by atoms with Crippen molar-refractivity contribution in [3.05, 3.63) is 70.6 Å². The van der Waals surface area contributed by atoms with Crippen molar-refractivity contribution < 1.29 is 28.6 Å². The van der Waals surface area contributed by atoms with Gasteiger partial charge in [0.2, 0.25) is 0 Å². The summed E-state index contributed by atoms with van der Waals surface area (Å²) in [6.45, 7) is -0.212. The maximum atomic E-state index is 13.0. The topological polar surface area (TPSA) is 103 Å². The van der Waals surface area contributed by atoms with E-state index in [4.69, 9.17) is 14.2 Å². The summed E-state index contributed by atoms with van der Waals surface area (Å²) in [5, 5.41) is 6.21. The number of carbonyl (C=O) groups excluding carboxylic acids is 3. The highest BCUT2D eigenvalue weighted by Gasteiger charge is 2.40. The van der Waals surface area contributed by atoms with Crippen molar-refractivity contribution in [2.24, 2.45) is 0 Å². The number of ether oxygens (including phenoxy) is 3. The van der Waals surface area contributed by atoms with Crippen molar-refractivity contribution in [3.63, 3.8) is 0 Å². The van der Waals surface area contributed by atoms with E-state index in [9.17, 15) is 14.4 Å². The number of amides is 1. The summed E-state index contributed by atoms with van der Waals surface area (Å²) in [7, 11) is 3.11. The molecule has 1 aliphatic heterocycles. The van der Waals surface area contributed by atoms with Crippen molar-refractivity contribution in [3.8, 4) is 17.2 Å². The summed E-state index contributed by atoms with van der Waals surface area (Å²) < 4.78 is 16.5. The lowest BCUT2D eigenvalue weighted by Gasteiger charge is -2.37. The second kappa shape index (κ2) is 10.5. The van der Waals surface area contributed by atoms with Gasteiger partial charge in [0.25, 0.3) is 5.91 Å². The van der Waals surface area contributed by atoms with Gasteiger partial charge in [-0.25, -0.2) is 0 Å². The van der Waals surface area contributed by atoms with E-state index in [2.05, 4.69) is 10.6 Å². The van der Waals surface area contributed by atoms with Gasteiger partial charge in [0.05, 0.1) is 14.2 Å². The SMILES string of the molecule is COc1ccc(NC(=O)COc2ccc(C3C4=C(CCCC4=O)NC4=C3C(=O)CCC4)cc2OC)cc1. The quantitative estimate of drug-likeness (QED) is 0.578. The van der Waals surface area contributed by atoms with E-state index in [1.807, 2.05) is 12.1 Å². The van der Waals surface area contributed by atoms with Crippen molar-refractivity contribution in [2.45, 2.75) is 44.4 Å². The lowest BCUT2D eigenvalue weighted by atomic mass is 9.71. The van der Waals surface area contributed by atoms with Gasteiger partial charge < -0.3 is 24.8 Å². The standard InChI is InChI=1S/C29H30N2O6/c1-35-19-12-10-18(11-13-19)30-26(34)16-37-24-14-9-17(15-25(24)36-2)27-28-20(5-3-7-22(28)32)31-21-6-4-8-23(33)29(21)27/h9-15,27,31H,3-8,16H2,1-2H3,(H,30,34). The van der Waals surface area contributed by atoms with Crippen LogP contribution < -0.4 is 24.8 Å². The Hall–Kier alpha value is -4.07. The number of nitrogens with one attached hydrogen (secondary N) is 2. The number of dihydropyridines is 1. The van der Waals surface area contributed by atoms with Gasteiger partial charge >= 0.3 is 0 Å². The molecule has 5 rings (SSSR count). The van der Waals surface area contributed by atoms with Crippen LogP contribution in [0.4, 0.5) is 5.69 Å². The van der Waals surface area contributed by atoms with Crippen LogP contribution in [-0.4, -0.2) is 38.3 Å². The van der Waals surface area contributed by atoms with Crippen LogP contribution in [0.15, 0.2) is 65.0 Å². The molecule has 192 valence electrons. The van der Waals surface area contributed by atoms with Crippen LogP contribution in [0.1, 0.15) is 50.0 Å². The summed E-state index contributed by atoms with van der Waals surface area (Å²) in [5.41, 5.74) is 4.68. The Balaban J connectivity index is 1.38. The smallest absolute Gasteiger partial charge is 0.262 e. The molecule has 37 heavy (non-hydrogen) atoms. The Morgan fingerprint density at radius 1 is 0.865 bits per heavy atom. The van der Waals surface area contributed by atoms with Crippen LogP contribution in [-0.2, 0) is 14.4 Å². The lowest BCUT2D eigenvalue weighted by Crippen LogP contribution is -2.36. The summed E-state index contributed by atoms with van der Waals surface area (Å²) in [4.78, 5) is 38.5. The van der Waals surface area contributed by atoms with Gasteiger partial charge in [-0.15, -0.1) is 0 Å². The number of anilines is 1. The Morgan fingerprint density at radius 2 is 1.51 bits per heavy atom. The van der Waals surface area contributed by atoms with Crippen molar-refractivity contribution in [1.82, 2.24) is 5.32 Å². The predicted octanol–water partition coefficient (Wildman–Crippen LogP) is 4.42. The fraction of sp³-hybridized carbons (Fsp3) is 0.345. The molecule has 8 heteroatoms. The molecule has 2 aromatic carbocycles. The molecule has 0 spiro atoms. The molecule has 1 amide bonds. The normalized spacial score (nSPS) is 17.6. The zero-order valence-electron chi connectivity index (χ0n) is 21.0. The molecule has 0 unspecified atom stereocenters. The lowest BCUT2D eigenvalue weighted by molar-refractivity contribution is -0.118. The van der Waals surface area contributed by atoms with Crippen LogP contribution in [0.25, 0.3) is 0 Å². The Kier molecular flexibility index (Phi) is 6.99. The molecule has 1 heterocycles. The molecule has 2 aromatic rings. The fourth-order valence-electron chi connectivity index (χ4n) is 5.31. The van der Waals surface area contributed by atoms with Gasteiger partial charge in [0, 0.05) is 47.0 Å². The van der Waals surface area contributed by atoms with E-state index >= 15 is 0 Å². The average molecular weight is 503 g/mol. The minimum atomic E-state index is -0.423. The van der Waals surface area contributed by atoms with Crippen LogP contribution in [0, 0.1) is 0 Å². The van der Waals surface area contributed by atoms with Gasteiger partial charge in [-0.2, -0.15) is 0 Å². The largest absolute Gasteiger partial charge is 0.497 e. The van der Waals surface area contributed by atoms with E-state index < -0.39 is 5.92 Å². The van der Waals surface area contributed by atoms with E-state index in [0.717, 1.165) is 42.6 Å². The van der Waals surface area contributed by atoms with Crippen LogP contribution >= 0.6 is 0 Å². The average Bonchev–Trinajstić information content (AvgIpc) is 2.91. The molecular formula is C29H30N2O6. The predicted molar refractivity (Wildman–Crippen MR) is 138 cm³/mol. The molecule has 0 saturated carbocycles. The number of hydrogen-bond donors (Lipinski definition) is 2. The van der Waals surface area contributed by atoms with Gasteiger partial charge in [0.15, 0.2) is 29.7 Å². The molecule has 0 atom stereocenters. The molecule has 0 radical (unpaired) electrons. The van der Waals surface area contributed by atoms with Crippen LogP contribution in [0.2, 0.25) is 0 Å². The third kappa shape index (κ3) is 4.96. The summed E-state index contributed by atoms with van der Waals surface area (Å²) in [5.74, 6) is 0.954. The summed E-state index contributed by atoms with van der Waals surface area (Å²) in [6.07, 6.45) is 4.17. The fourth-order valence-corrected chi connectivity index (χ4v) is 5.31. The zero-order chi connectivity index (χ0) is 25.9. The van der Waals surface area contributed by atoms with E-state index in [-0.39, 0.29) is 24.1 Å². The van der Waals surface area contributed by atoms with Crippen LogP contribution in [0.3, 0.4) is 0 Å². The van der Waals surface area contributed by atoms with Gasteiger partial charge in [-0.1, -0.05) is 6.07 Å². The van der Waals surface area contributed by atoms with Crippen molar-refractivity contribution in [1.29, 1.82) is 0 Å². The number of Topliss-reactive ketones (excluding diaryl/α,β-unsaturated/α-hetero) is 2. The Labute approximate surface area is 215 Å². The first-order chi connectivity index (χ1) is 18.0. The number of rotatable bonds is 7. The number of carbonyl (C=O) groups is 3. The van der Waals surface area contributed by atoms with Crippen molar-refractivity contribution in [2.75, 3.05) is 26.1 Å². The molecule has 0 aromatic heterocycles. The third-order valence-corrected chi connectivity index (χ3v) is 7.04.